The Morgan fingerprint density at radius 3 is 2.60 bits per heavy atom. The summed E-state index contributed by atoms with van der Waals surface area (Å²) in [5, 5.41) is 3.33. The van der Waals surface area contributed by atoms with Gasteiger partial charge in [0.15, 0.2) is 0 Å². The first-order chi connectivity index (χ1) is 7.19. The molecular formula is C13H28N2. The van der Waals surface area contributed by atoms with Crippen molar-refractivity contribution >= 4 is 0 Å². The molecule has 1 rings (SSSR count). The molecule has 1 N–H and O–H groups in total. The summed E-state index contributed by atoms with van der Waals surface area (Å²) in [6.07, 6.45) is 4.01. The molecule has 1 aliphatic heterocycles. The minimum absolute atomic E-state index is 0.759. The number of piperidine rings is 1. The Hall–Kier alpha value is -0.0800. The second-order valence-electron chi connectivity index (χ2n) is 5.24. The van der Waals surface area contributed by atoms with Gasteiger partial charge in [0, 0.05) is 19.1 Å². The van der Waals surface area contributed by atoms with Crippen LogP contribution in [0.5, 0.6) is 0 Å². The first-order valence-corrected chi connectivity index (χ1v) is 6.57. The summed E-state index contributed by atoms with van der Waals surface area (Å²) in [5.41, 5.74) is 0. The van der Waals surface area contributed by atoms with Crippen molar-refractivity contribution in [2.45, 2.75) is 46.1 Å². The molecule has 1 saturated heterocycles. The highest BCUT2D eigenvalue weighted by Gasteiger charge is 2.26. The van der Waals surface area contributed by atoms with Crippen molar-refractivity contribution in [1.82, 2.24) is 10.2 Å². The Labute approximate surface area is 95.4 Å². The van der Waals surface area contributed by atoms with E-state index in [4.69, 9.17) is 0 Å². The predicted octanol–water partition coefficient (Wildman–Crippen LogP) is 2.35. The molecule has 0 amide bonds. The number of likely N-dealkylation sites (tertiary alicyclic amines) is 1. The van der Waals surface area contributed by atoms with E-state index in [2.05, 4.69) is 38.0 Å². The van der Waals surface area contributed by atoms with Crippen molar-refractivity contribution in [2.24, 2.45) is 11.8 Å². The zero-order valence-electron chi connectivity index (χ0n) is 10.9. The number of nitrogens with zero attached hydrogens (tertiary/aromatic N) is 1. The number of hydrogen-bond donors (Lipinski definition) is 1. The summed E-state index contributed by atoms with van der Waals surface area (Å²) in [6.45, 7) is 10.8. The monoisotopic (exact) mass is 212 g/mol. The van der Waals surface area contributed by atoms with Gasteiger partial charge in [0.25, 0.3) is 0 Å². The Morgan fingerprint density at radius 2 is 2.07 bits per heavy atom. The van der Waals surface area contributed by atoms with E-state index >= 15 is 0 Å². The van der Waals surface area contributed by atoms with Gasteiger partial charge in [-0.2, -0.15) is 0 Å². The van der Waals surface area contributed by atoms with Gasteiger partial charge < -0.3 is 5.32 Å². The van der Waals surface area contributed by atoms with E-state index in [9.17, 15) is 0 Å². The molecule has 0 aliphatic carbocycles. The maximum Gasteiger partial charge on any atom is 0.0220 e. The van der Waals surface area contributed by atoms with Crippen molar-refractivity contribution in [3.8, 4) is 0 Å². The lowest BCUT2D eigenvalue weighted by molar-refractivity contribution is 0.0908. The van der Waals surface area contributed by atoms with Crippen LogP contribution in [0.15, 0.2) is 0 Å². The first-order valence-electron chi connectivity index (χ1n) is 6.57. The normalized spacial score (nSPS) is 30.4. The Bertz CT molecular complexity index is 164. The highest BCUT2D eigenvalue weighted by atomic mass is 15.2. The molecule has 2 heteroatoms. The van der Waals surface area contributed by atoms with Crippen LogP contribution < -0.4 is 5.32 Å². The SMILES string of the molecule is CCCC(CNC)N1CCC(C)C(C)C1. The van der Waals surface area contributed by atoms with Gasteiger partial charge in [-0.1, -0.05) is 27.2 Å². The minimum Gasteiger partial charge on any atom is -0.318 e. The molecule has 0 aromatic heterocycles. The van der Waals surface area contributed by atoms with Gasteiger partial charge in [0.1, 0.15) is 0 Å². The van der Waals surface area contributed by atoms with Gasteiger partial charge in [-0.15, -0.1) is 0 Å². The molecule has 1 fully saturated rings. The van der Waals surface area contributed by atoms with Crippen LogP contribution in [0.4, 0.5) is 0 Å². The van der Waals surface area contributed by atoms with Crippen LogP contribution in [0.1, 0.15) is 40.0 Å². The Balaban J connectivity index is 2.45. The lowest BCUT2D eigenvalue weighted by atomic mass is 9.87. The van der Waals surface area contributed by atoms with E-state index in [0.29, 0.717) is 0 Å². The van der Waals surface area contributed by atoms with E-state index < -0.39 is 0 Å². The molecule has 0 saturated carbocycles. The van der Waals surface area contributed by atoms with Crippen molar-refractivity contribution in [3.05, 3.63) is 0 Å². The third-order valence-corrected chi connectivity index (χ3v) is 3.94. The van der Waals surface area contributed by atoms with Crippen LogP contribution >= 0.6 is 0 Å². The third kappa shape index (κ3) is 3.76. The van der Waals surface area contributed by atoms with Crippen molar-refractivity contribution in [1.29, 1.82) is 0 Å². The van der Waals surface area contributed by atoms with Crippen molar-refractivity contribution in [2.75, 3.05) is 26.7 Å². The number of hydrogen-bond acceptors (Lipinski definition) is 2. The van der Waals surface area contributed by atoms with Gasteiger partial charge in [-0.3, -0.25) is 4.90 Å². The van der Waals surface area contributed by atoms with Crippen LogP contribution in [0.2, 0.25) is 0 Å². The van der Waals surface area contributed by atoms with Gasteiger partial charge in [-0.25, -0.2) is 0 Å². The van der Waals surface area contributed by atoms with E-state index in [1.54, 1.807) is 0 Å². The third-order valence-electron chi connectivity index (χ3n) is 3.94. The average Bonchev–Trinajstić information content (AvgIpc) is 2.22. The summed E-state index contributed by atoms with van der Waals surface area (Å²) in [5.74, 6) is 1.79. The molecule has 0 aromatic carbocycles. The smallest absolute Gasteiger partial charge is 0.0220 e. The molecule has 0 spiro atoms. The lowest BCUT2D eigenvalue weighted by Crippen LogP contribution is -2.48. The van der Waals surface area contributed by atoms with Gasteiger partial charge in [-0.05, 0) is 38.3 Å². The molecule has 1 aliphatic rings. The van der Waals surface area contributed by atoms with Crippen molar-refractivity contribution in [3.63, 3.8) is 0 Å². The highest BCUT2D eigenvalue weighted by molar-refractivity contribution is 4.81. The minimum atomic E-state index is 0.759. The van der Waals surface area contributed by atoms with E-state index in [-0.39, 0.29) is 0 Å². The van der Waals surface area contributed by atoms with Gasteiger partial charge in [0.2, 0.25) is 0 Å². The van der Waals surface area contributed by atoms with Crippen LogP contribution in [-0.2, 0) is 0 Å². The molecule has 3 atom stereocenters. The average molecular weight is 212 g/mol. The lowest BCUT2D eigenvalue weighted by Gasteiger charge is -2.40. The van der Waals surface area contributed by atoms with Crippen molar-refractivity contribution < 1.29 is 0 Å². The van der Waals surface area contributed by atoms with Crippen LogP contribution in [-0.4, -0.2) is 37.6 Å². The first kappa shape index (κ1) is 13.0. The molecule has 3 unspecified atom stereocenters. The molecule has 90 valence electrons. The zero-order chi connectivity index (χ0) is 11.3. The maximum absolute atomic E-state index is 3.33. The quantitative estimate of drug-likeness (QED) is 0.752. The molecule has 1 heterocycles. The summed E-state index contributed by atoms with van der Waals surface area (Å²) in [4.78, 5) is 2.70. The van der Waals surface area contributed by atoms with Gasteiger partial charge in [0.05, 0.1) is 0 Å². The van der Waals surface area contributed by atoms with Crippen LogP contribution in [0.25, 0.3) is 0 Å². The highest BCUT2D eigenvalue weighted by Crippen LogP contribution is 2.24. The Morgan fingerprint density at radius 1 is 1.33 bits per heavy atom. The molecule has 15 heavy (non-hydrogen) atoms. The Kier molecular flexibility index (Phi) is 5.62. The second kappa shape index (κ2) is 6.49. The van der Waals surface area contributed by atoms with Gasteiger partial charge >= 0.3 is 0 Å². The molecular weight excluding hydrogens is 184 g/mol. The second-order valence-corrected chi connectivity index (χ2v) is 5.24. The standard InChI is InChI=1S/C13H28N2/c1-5-6-13(9-14-4)15-8-7-11(2)12(3)10-15/h11-14H,5-10H2,1-4H3. The fourth-order valence-corrected chi connectivity index (χ4v) is 2.61. The predicted molar refractivity (Wildman–Crippen MR) is 67.1 cm³/mol. The molecule has 0 radical (unpaired) electrons. The number of rotatable bonds is 5. The fraction of sp³-hybridized carbons (Fsp3) is 1.00. The summed E-state index contributed by atoms with van der Waals surface area (Å²) in [7, 11) is 2.07. The zero-order valence-corrected chi connectivity index (χ0v) is 10.9. The molecule has 0 bridgehead atoms. The molecule has 2 nitrogen and oxygen atoms in total. The van der Waals surface area contributed by atoms with E-state index in [0.717, 1.165) is 24.4 Å². The van der Waals surface area contributed by atoms with E-state index in [1.807, 2.05) is 0 Å². The fourth-order valence-electron chi connectivity index (χ4n) is 2.61. The topological polar surface area (TPSA) is 15.3 Å². The maximum atomic E-state index is 3.33. The molecule has 0 aromatic rings. The van der Waals surface area contributed by atoms with Crippen LogP contribution in [0, 0.1) is 11.8 Å². The number of nitrogens with one attached hydrogen (secondary N) is 1. The van der Waals surface area contributed by atoms with Crippen LogP contribution in [0.3, 0.4) is 0 Å². The summed E-state index contributed by atoms with van der Waals surface area (Å²) >= 11 is 0. The van der Waals surface area contributed by atoms with E-state index in [1.165, 1.54) is 32.4 Å². The summed E-state index contributed by atoms with van der Waals surface area (Å²) < 4.78 is 0. The largest absolute Gasteiger partial charge is 0.318 e. The summed E-state index contributed by atoms with van der Waals surface area (Å²) in [6, 6.07) is 0.759. The number of likely N-dealkylation sites (N-methyl/N-ethyl adjacent to an activating group) is 1.